The lowest BCUT2D eigenvalue weighted by molar-refractivity contribution is 0.0661. The number of hydrogen-bond donors (Lipinski definition) is 1. The van der Waals surface area contributed by atoms with E-state index in [2.05, 4.69) is 13.8 Å². The van der Waals surface area contributed by atoms with Gasteiger partial charge in [-0.15, -0.1) is 0 Å². The second-order valence-electron chi connectivity index (χ2n) is 3.84. The Balaban J connectivity index is 3.46. The molecule has 0 saturated heterocycles. The van der Waals surface area contributed by atoms with Crippen LogP contribution in [-0.4, -0.2) is 24.9 Å². The van der Waals surface area contributed by atoms with Crippen molar-refractivity contribution in [1.82, 2.24) is 0 Å². The van der Waals surface area contributed by atoms with E-state index in [1.165, 1.54) is 19.3 Å². The van der Waals surface area contributed by atoms with Crippen LogP contribution in [0.3, 0.4) is 0 Å². The molecular weight excluding hydrogens is 164 g/mol. The molecule has 0 saturated carbocycles. The molecular formula is C11H24O2. The Morgan fingerprint density at radius 2 is 1.85 bits per heavy atom. The van der Waals surface area contributed by atoms with Crippen molar-refractivity contribution in [2.24, 2.45) is 5.92 Å². The van der Waals surface area contributed by atoms with Crippen LogP contribution in [0.5, 0.6) is 0 Å². The molecule has 2 unspecified atom stereocenters. The van der Waals surface area contributed by atoms with Crippen LogP contribution in [0.25, 0.3) is 0 Å². The van der Waals surface area contributed by atoms with E-state index in [0.717, 1.165) is 18.8 Å². The van der Waals surface area contributed by atoms with Gasteiger partial charge >= 0.3 is 0 Å². The fourth-order valence-electron chi connectivity index (χ4n) is 1.63. The van der Waals surface area contributed by atoms with Crippen LogP contribution < -0.4 is 0 Å². The summed E-state index contributed by atoms with van der Waals surface area (Å²) in [5.74, 6) is 0.793. The van der Waals surface area contributed by atoms with E-state index in [1.54, 1.807) is 7.11 Å². The van der Waals surface area contributed by atoms with Crippen molar-refractivity contribution in [3.63, 3.8) is 0 Å². The third kappa shape index (κ3) is 7.03. The number of aliphatic hydroxyl groups excluding tert-OH is 1. The van der Waals surface area contributed by atoms with Gasteiger partial charge in [-0.05, 0) is 25.2 Å². The van der Waals surface area contributed by atoms with Gasteiger partial charge in [-0.1, -0.05) is 26.7 Å². The number of rotatable bonds is 8. The summed E-state index contributed by atoms with van der Waals surface area (Å²) in [5.41, 5.74) is 0. The van der Waals surface area contributed by atoms with Crippen LogP contribution in [-0.2, 0) is 4.74 Å². The van der Waals surface area contributed by atoms with Gasteiger partial charge in [-0.25, -0.2) is 0 Å². The second kappa shape index (κ2) is 8.52. The first-order chi connectivity index (χ1) is 6.24. The highest BCUT2D eigenvalue weighted by Crippen LogP contribution is 2.16. The normalized spacial score (nSPS) is 15.7. The molecule has 0 rings (SSSR count). The molecule has 1 N–H and O–H groups in total. The average Bonchev–Trinajstić information content (AvgIpc) is 2.12. The maximum atomic E-state index is 8.76. The van der Waals surface area contributed by atoms with E-state index >= 15 is 0 Å². The van der Waals surface area contributed by atoms with Crippen LogP contribution >= 0.6 is 0 Å². The molecule has 0 aliphatic rings. The van der Waals surface area contributed by atoms with Gasteiger partial charge in [0.25, 0.3) is 0 Å². The molecule has 0 fully saturated rings. The third-order valence-electron chi connectivity index (χ3n) is 2.55. The highest BCUT2D eigenvalue weighted by atomic mass is 16.5. The molecule has 0 aliphatic heterocycles. The predicted octanol–water partition coefficient (Wildman–Crippen LogP) is 2.60. The van der Waals surface area contributed by atoms with Gasteiger partial charge in [0.05, 0.1) is 6.10 Å². The molecule has 0 aromatic heterocycles. The van der Waals surface area contributed by atoms with Gasteiger partial charge in [-0.2, -0.15) is 0 Å². The molecule has 2 nitrogen and oxygen atoms in total. The van der Waals surface area contributed by atoms with Crippen molar-refractivity contribution < 1.29 is 9.84 Å². The molecule has 0 aliphatic carbocycles. The molecule has 0 aromatic carbocycles. The summed E-state index contributed by atoms with van der Waals surface area (Å²) in [6.07, 6.45) is 5.89. The SMILES string of the molecule is CCCC(C)CCC(CCO)OC. The molecule has 0 bridgehead atoms. The standard InChI is InChI=1S/C11H24O2/c1-4-5-10(2)6-7-11(13-3)8-9-12/h10-12H,4-9H2,1-3H3. The van der Waals surface area contributed by atoms with Crippen molar-refractivity contribution in [2.75, 3.05) is 13.7 Å². The van der Waals surface area contributed by atoms with Gasteiger partial charge in [0.15, 0.2) is 0 Å². The predicted molar refractivity (Wildman–Crippen MR) is 55.8 cm³/mol. The molecule has 80 valence electrons. The summed E-state index contributed by atoms with van der Waals surface area (Å²) in [7, 11) is 1.73. The van der Waals surface area contributed by atoms with E-state index in [9.17, 15) is 0 Å². The second-order valence-corrected chi connectivity index (χ2v) is 3.84. The number of aliphatic hydroxyl groups is 1. The maximum Gasteiger partial charge on any atom is 0.0593 e. The third-order valence-corrected chi connectivity index (χ3v) is 2.55. The van der Waals surface area contributed by atoms with Crippen LogP contribution in [0.15, 0.2) is 0 Å². The monoisotopic (exact) mass is 188 g/mol. The zero-order valence-corrected chi connectivity index (χ0v) is 9.25. The fraction of sp³-hybridized carbons (Fsp3) is 1.00. The minimum atomic E-state index is 0.237. The van der Waals surface area contributed by atoms with Crippen LogP contribution in [0.4, 0.5) is 0 Å². The highest BCUT2D eigenvalue weighted by molar-refractivity contribution is 4.60. The largest absolute Gasteiger partial charge is 0.396 e. The number of methoxy groups -OCH3 is 1. The fourth-order valence-corrected chi connectivity index (χ4v) is 1.63. The Kier molecular flexibility index (Phi) is 8.46. The zero-order chi connectivity index (χ0) is 10.1. The molecule has 0 amide bonds. The van der Waals surface area contributed by atoms with Gasteiger partial charge in [0, 0.05) is 13.7 Å². The topological polar surface area (TPSA) is 29.5 Å². The Hall–Kier alpha value is -0.0800. The lowest BCUT2D eigenvalue weighted by Gasteiger charge is -2.16. The molecule has 2 heteroatoms. The Labute approximate surface area is 82.3 Å². The quantitative estimate of drug-likeness (QED) is 0.634. The van der Waals surface area contributed by atoms with E-state index in [0.29, 0.717) is 0 Å². The molecule has 2 atom stereocenters. The minimum Gasteiger partial charge on any atom is -0.396 e. The first-order valence-corrected chi connectivity index (χ1v) is 5.38. The molecule has 0 spiro atoms. The van der Waals surface area contributed by atoms with Crippen molar-refractivity contribution in [2.45, 2.75) is 52.1 Å². The minimum absolute atomic E-state index is 0.237. The van der Waals surface area contributed by atoms with Gasteiger partial charge < -0.3 is 9.84 Å². The van der Waals surface area contributed by atoms with Crippen molar-refractivity contribution in [3.8, 4) is 0 Å². The summed E-state index contributed by atoms with van der Waals surface area (Å²) >= 11 is 0. The first kappa shape index (κ1) is 12.9. The summed E-state index contributed by atoms with van der Waals surface area (Å²) < 4.78 is 5.26. The Morgan fingerprint density at radius 1 is 1.15 bits per heavy atom. The summed E-state index contributed by atoms with van der Waals surface area (Å²) in [4.78, 5) is 0. The average molecular weight is 188 g/mol. The zero-order valence-electron chi connectivity index (χ0n) is 9.25. The summed E-state index contributed by atoms with van der Waals surface area (Å²) in [6, 6.07) is 0. The van der Waals surface area contributed by atoms with Gasteiger partial charge in [0.1, 0.15) is 0 Å². The first-order valence-electron chi connectivity index (χ1n) is 5.38. The lowest BCUT2D eigenvalue weighted by atomic mass is 9.97. The highest BCUT2D eigenvalue weighted by Gasteiger charge is 2.08. The summed E-state index contributed by atoms with van der Waals surface area (Å²) in [5, 5.41) is 8.76. The van der Waals surface area contributed by atoms with Gasteiger partial charge in [-0.3, -0.25) is 0 Å². The van der Waals surface area contributed by atoms with Crippen molar-refractivity contribution >= 4 is 0 Å². The van der Waals surface area contributed by atoms with E-state index < -0.39 is 0 Å². The summed E-state index contributed by atoms with van der Waals surface area (Å²) in [6.45, 7) is 4.74. The molecule has 0 aromatic rings. The Morgan fingerprint density at radius 3 is 2.31 bits per heavy atom. The van der Waals surface area contributed by atoms with Crippen LogP contribution in [0.1, 0.15) is 46.0 Å². The molecule has 0 heterocycles. The van der Waals surface area contributed by atoms with Crippen molar-refractivity contribution in [3.05, 3.63) is 0 Å². The Bertz CT molecular complexity index is 104. The number of hydrogen-bond acceptors (Lipinski definition) is 2. The van der Waals surface area contributed by atoms with E-state index in [1.807, 2.05) is 0 Å². The number of ether oxygens (including phenoxy) is 1. The van der Waals surface area contributed by atoms with E-state index in [-0.39, 0.29) is 12.7 Å². The smallest absolute Gasteiger partial charge is 0.0593 e. The van der Waals surface area contributed by atoms with E-state index in [4.69, 9.17) is 9.84 Å². The molecule has 0 radical (unpaired) electrons. The maximum absolute atomic E-state index is 8.76. The van der Waals surface area contributed by atoms with Crippen LogP contribution in [0.2, 0.25) is 0 Å². The van der Waals surface area contributed by atoms with Gasteiger partial charge in [0.2, 0.25) is 0 Å². The van der Waals surface area contributed by atoms with Crippen molar-refractivity contribution in [1.29, 1.82) is 0 Å². The van der Waals surface area contributed by atoms with Crippen LogP contribution in [0, 0.1) is 5.92 Å². The lowest BCUT2D eigenvalue weighted by Crippen LogP contribution is -2.13. The molecule has 13 heavy (non-hydrogen) atoms.